The molecule has 3 rings (SSSR count). The van der Waals surface area contributed by atoms with Crippen LogP contribution in [0.3, 0.4) is 0 Å². The number of anilines is 1. The van der Waals surface area contributed by atoms with Gasteiger partial charge in [0.25, 0.3) is 10.0 Å². The fourth-order valence-corrected chi connectivity index (χ4v) is 5.98. The molecule has 2 amide bonds. The molecule has 0 aromatic heterocycles. The van der Waals surface area contributed by atoms with Crippen molar-refractivity contribution in [2.75, 3.05) is 10.8 Å². The summed E-state index contributed by atoms with van der Waals surface area (Å²) in [7, 11) is -4.18. The zero-order valence-corrected chi connectivity index (χ0v) is 25.3. The number of hydrogen-bond donors (Lipinski definition) is 1. The van der Waals surface area contributed by atoms with Crippen LogP contribution in [0, 0.1) is 13.8 Å². The fourth-order valence-electron chi connectivity index (χ4n) is 4.26. The molecular formula is C31H38ClN3O4S. The summed E-state index contributed by atoms with van der Waals surface area (Å²) >= 11 is 6.46. The molecule has 0 heterocycles. The molecular weight excluding hydrogens is 546 g/mol. The Balaban J connectivity index is 2.06. The lowest BCUT2D eigenvalue weighted by Crippen LogP contribution is -2.53. The summed E-state index contributed by atoms with van der Waals surface area (Å²) < 4.78 is 28.9. The molecule has 0 bridgehead atoms. The third-order valence-corrected chi connectivity index (χ3v) is 8.96. The standard InChI is InChI=1S/C31H38ClN3O4S/c1-6-24(5)33-31(37)28(7-2)34(20-25-16-12-22(3)13-17-25)30(36)21-35(29-11-9-8-10-27(29)32)40(38,39)26-18-14-23(4)15-19-26/h8-19,24,28H,6-7,20-21H2,1-5H3,(H,33,37)/t24-,28+/m1/s1. The largest absolute Gasteiger partial charge is 0.352 e. The molecule has 40 heavy (non-hydrogen) atoms. The Labute approximate surface area is 243 Å². The van der Waals surface area contributed by atoms with Crippen molar-refractivity contribution < 1.29 is 18.0 Å². The monoisotopic (exact) mass is 583 g/mol. The van der Waals surface area contributed by atoms with Crippen LogP contribution in [0.5, 0.6) is 0 Å². The first-order chi connectivity index (χ1) is 19.0. The lowest BCUT2D eigenvalue weighted by molar-refractivity contribution is -0.140. The van der Waals surface area contributed by atoms with Gasteiger partial charge in [0.15, 0.2) is 0 Å². The summed E-state index contributed by atoms with van der Waals surface area (Å²) in [4.78, 5) is 28.9. The van der Waals surface area contributed by atoms with E-state index in [-0.39, 0.29) is 34.1 Å². The maximum atomic E-state index is 14.1. The van der Waals surface area contributed by atoms with Crippen LogP contribution in [0.4, 0.5) is 5.69 Å². The molecule has 2 atom stereocenters. The predicted octanol–water partition coefficient (Wildman–Crippen LogP) is 5.87. The number of benzene rings is 3. The average molecular weight is 584 g/mol. The van der Waals surface area contributed by atoms with Gasteiger partial charge in [-0.3, -0.25) is 13.9 Å². The molecule has 0 aliphatic carbocycles. The minimum Gasteiger partial charge on any atom is -0.352 e. The minimum absolute atomic E-state index is 0.0393. The van der Waals surface area contributed by atoms with Gasteiger partial charge >= 0.3 is 0 Å². The zero-order valence-electron chi connectivity index (χ0n) is 23.7. The molecule has 0 unspecified atom stereocenters. The number of carbonyl (C=O) groups is 2. The maximum absolute atomic E-state index is 14.1. The minimum atomic E-state index is -4.18. The third kappa shape index (κ3) is 7.64. The van der Waals surface area contributed by atoms with Gasteiger partial charge < -0.3 is 10.2 Å². The second kappa shape index (κ2) is 13.8. The molecule has 7 nitrogen and oxygen atoms in total. The highest BCUT2D eigenvalue weighted by molar-refractivity contribution is 7.92. The first-order valence-electron chi connectivity index (χ1n) is 13.5. The highest BCUT2D eigenvalue weighted by atomic mass is 35.5. The summed E-state index contributed by atoms with van der Waals surface area (Å²) in [6.07, 6.45) is 1.10. The number of amides is 2. The van der Waals surface area contributed by atoms with Crippen molar-refractivity contribution in [3.8, 4) is 0 Å². The van der Waals surface area contributed by atoms with Crippen LogP contribution in [0.2, 0.25) is 5.02 Å². The number of para-hydroxylation sites is 1. The zero-order chi connectivity index (χ0) is 29.4. The molecule has 0 spiro atoms. The smallest absolute Gasteiger partial charge is 0.264 e. The normalized spacial score (nSPS) is 12.8. The van der Waals surface area contributed by atoms with Crippen molar-refractivity contribution >= 4 is 39.1 Å². The van der Waals surface area contributed by atoms with Crippen LogP contribution in [0.25, 0.3) is 0 Å². The van der Waals surface area contributed by atoms with Gasteiger partial charge in [-0.1, -0.05) is 85.1 Å². The van der Waals surface area contributed by atoms with Gasteiger partial charge in [-0.05, 0) is 63.4 Å². The van der Waals surface area contributed by atoms with E-state index in [1.54, 1.807) is 36.4 Å². The van der Waals surface area contributed by atoms with Gasteiger partial charge in [0.1, 0.15) is 12.6 Å². The molecule has 0 saturated heterocycles. The quantitative estimate of drug-likeness (QED) is 0.289. The first-order valence-corrected chi connectivity index (χ1v) is 15.3. The fraction of sp³-hybridized carbons (Fsp3) is 0.355. The van der Waals surface area contributed by atoms with E-state index in [4.69, 9.17) is 11.6 Å². The molecule has 9 heteroatoms. The highest BCUT2D eigenvalue weighted by Crippen LogP contribution is 2.31. The van der Waals surface area contributed by atoms with Crippen LogP contribution in [0.15, 0.2) is 77.7 Å². The number of rotatable bonds is 12. The average Bonchev–Trinajstić information content (AvgIpc) is 2.93. The Hall–Kier alpha value is -3.36. The molecule has 3 aromatic carbocycles. The number of sulfonamides is 1. The molecule has 214 valence electrons. The Bertz CT molecular complexity index is 1410. The van der Waals surface area contributed by atoms with Gasteiger partial charge in [0.2, 0.25) is 11.8 Å². The van der Waals surface area contributed by atoms with Crippen molar-refractivity contribution in [3.63, 3.8) is 0 Å². The second-order valence-corrected chi connectivity index (χ2v) is 12.3. The van der Waals surface area contributed by atoms with Gasteiger partial charge in [0.05, 0.1) is 15.6 Å². The summed E-state index contributed by atoms with van der Waals surface area (Å²) in [5.74, 6) is -0.787. The topological polar surface area (TPSA) is 86.8 Å². The number of hydrogen-bond acceptors (Lipinski definition) is 4. The van der Waals surface area contributed by atoms with Crippen LogP contribution in [-0.4, -0.2) is 43.8 Å². The Morgan fingerprint density at radius 1 is 0.875 bits per heavy atom. The Kier molecular flexibility index (Phi) is 10.8. The van der Waals surface area contributed by atoms with Crippen molar-refractivity contribution in [2.45, 2.75) is 71.0 Å². The summed E-state index contributed by atoms with van der Waals surface area (Å²) in [5, 5.41) is 3.17. The van der Waals surface area contributed by atoms with Crippen LogP contribution in [-0.2, 0) is 26.2 Å². The molecule has 0 aliphatic rings. The van der Waals surface area contributed by atoms with E-state index in [2.05, 4.69) is 5.32 Å². The second-order valence-electron chi connectivity index (χ2n) is 10.0. The predicted molar refractivity (Wildman–Crippen MR) is 161 cm³/mol. The number of aryl methyl sites for hydroxylation is 2. The molecule has 0 saturated carbocycles. The summed E-state index contributed by atoms with van der Waals surface area (Å²) in [5.41, 5.74) is 2.99. The summed E-state index contributed by atoms with van der Waals surface area (Å²) in [6.45, 7) is 9.17. The SMILES string of the molecule is CC[C@@H](C)NC(=O)[C@H](CC)N(Cc1ccc(C)cc1)C(=O)CN(c1ccccc1Cl)S(=O)(=O)c1ccc(C)cc1. The lowest BCUT2D eigenvalue weighted by atomic mass is 10.1. The summed E-state index contributed by atoms with van der Waals surface area (Å²) in [6, 6.07) is 19.8. The lowest BCUT2D eigenvalue weighted by Gasteiger charge is -2.34. The number of carbonyl (C=O) groups excluding carboxylic acids is 2. The number of halogens is 1. The Morgan fingerprint density at radius 3 is 2.00 bits per heavy atom. The van der Waals surface area contributed by atoms with E-state index >= 15 is 0 Å². The van der Waals surface area contributed by atoms with Crippen LogP contribution < -0.4 is 9.62 Å². The van der Waals surface area contributed by atoms with Crippen molar-refractivity contribution in [2.24, 2.45) is 0 Å². The molecule has 0 fully saturated rings. The van der Waals surface area contributed by atoms with E-state index in [1.165, 1.54) is 17.0 Å². The maximum Gasteiger partial charge on any atom is 0.264 e. The van der Waals surface area contributed by atoms with E-state index in [9.17, 15) is 18.0 Å². The van der Waals surface area contributed by atoms with Crippen LogP contribution in [0.1, 0.15) is 50.3 Å². The number of nitrogens with one attached hydrogen (secondary N) is 1. The van der Waals surface area contributed by atoms with E-state index in [0.717, 1.165) is 27.4 Å². The molecule has 0 aliphatic heterocycles. The van der Waals surface area contributed by atoms with Crippen LogP contribution >= 0.6 is 11.6 Å². The molecule has 1 N–H and O–H groups in total. The van der Waals surface area contributed by atoms with E-state index in [1.807, 2.05) is 58.9 Å². The third-order valence-electron chi connectivity index (χ3n) is 6.87. The number of nitrogens with zero attached hydrogens (tertiary/aromatic N) is 2. The van der Waals surface area contributed by atoms with E-state index < -0.39 is 28.5 Å². The van der Waals surface area contributed by atoms with Crippen molar-refractivity contribution in [1.29, 1.82) is 0 Å². The Morgan fingerprint density at radius 2 is 1.45 bits per heavy atom. The molecule has 3 aromatic rings. The first kappa shape index (κ1) is 31.2. The van der Waals surface area contributed by atoms with Crippen molar-refractivity contribution in [1.82, 2.24) is 10.2 Å². The van der Waals surface area contributed by atoms with Gasteiger partial charge in [0, 0.05) is 12.6 Å². The van der Waals surface area contributed by atoms with Crippen molar-refractivity contribution in [3.05, 3.63) is 94.5 Å². The highest BCUT2D eigenvalue weighted by Gasteiger charge is 2.34. The van der Waals surface area contributed by atoms with E-state index in [0.29, 0.717) is 6.42 Å². The van der Waals surface area contributed by atoms with Gasteiger partial charge in [-0.2, -0.15) is 0 Å². The van der Waals surface area contributed by atoms with Gasteiger partial charge in [-0.25, -0.2) is 8.42 Å². The molecule has 0 radical (unpaired) electrons. The van der Waals surface area contributed by atoms with Gasteiger partial charge in [-0.15, -0.1) is 0 Å².